The summed E-state index contributed by atoms with van der Waals surface area (Å²) in [7, 11) is 0. The second-order valence-electron chi connectivity index (χ2n) is 16.7. The number of unbranched alkanes of at least 4 members (excludes halogenated alkanes) is 20. The quantitative estimate of drug-likeness (QED) is 0.0263. The molecule has 0 fully saturated rings. The van der Waals surface area contributed by atoms with Gasteiger partial charge >= 0.3 is 17.9 Å². The maximum absolute atomic E-state index is 12.7. The number of ether oxygens (including phenoxy) is 3. The van der Waals surface area contributed by atoms with Crippen LogP contribution >= 0.6 is 0 Å². The van der Waals surface area contributed by atoms with E-state index in [1.165, 1.54) is 96.3 Å². The third-order valence-electron chi connectivity index (χ3n) is 10.7. The number of hydrogen-bond donors (Lipinski definition) is 0. The Labute approximate surface area is 382 Å². The Morgan fingerprint density at radius 3 is 0.984 bits per heavy atom. The summed E-state index contributed by atoms with van der Waals surface area (Å²) >= 11 is 0. The van der Waals surface area contributed by atoms with Gasteiger partial charge in [-0.15, -0.1) is 0 Å². The fourth-order valence-electron chi connectivity index (χ4n) is 6.84. The van der Waals surface area contributed by atoms with Crippen LogP contribution in [0.1, 0.15) is 233 Å². The van der Waals surface area contributed by atoms with E-state index >= 15 is 0 Å². The maximum Gasteiger partial charge on any atom is 0.306 e. The Morgan fingerprint density at radius 2 is 0.629 bits per heavy atom. The monoisotopic (exact) mass is 863 g/mol. The minimum absolute atomic E-state index is 0.0925. The van der Waals surface area contributed by atoms with Gasteiger partial charge in [-0.05, 0) is 70.6 Å². The molecule has 0 saturated carbocycles. The molecule has 0 aromatic rings. The van der Waals surface area contributed by atoms with Crippen molar-refractivity contribution in [1.82, 2.24) is 0 Å². The van der Waals surface area contributed by atoms with Crippen LogP contribution in [-0.4, -0.2) is 37.2 Å². The molecule has 6 heteroatoms. The topological polar surface area (TPSA) is 78.9 Å². The van der Waals surface area contributed by atoms with E-state index in [9.17, 15) is 14.4 Å². The minimum atomic E-state index is -0.794. The zero-order valence-corrected chi connectivity index (χ0v) is 40.4. The number of esters is 3. The number of hydrogen-bond acceptors (Lipinski definition) is 6. The van der Waals surface area contributed by atoms with Gasteiger partial charge in [0.25, 0.3) is 0 Å². The average molecular weight is 863 g/mol. The van der Waals surface area contributed by atoms with Crippen molar-refractivity contribution in [1.29, 1.82) is 0 Å². The molecule has 0 aromatic carbocycles. The number of carbonyl (C=O) groups excluding carboxylic acids is 3. The molecule has 354 valence electrons. The summed E-state index contributed by atoms with van der Waals surface area (Å²) < 4.78 is 16.7. The van der Waals surface area contributed by atoms with E-state index < -0.39 is 6.10 Å². The van der Waals surface area contributed by atoms with Crippen LogP contribution in [0.4, 0.5) is 0 Å². The van der Waals surface area contributed by atoms with Gasteiger partial charge in [0.05, 0.1) is 0 Å². The summed E-state index contributed by atoms with van der Waals surface area (Å²) in [5.74, 6) is -0.959. The molecule has 0 aliphatic rings. The molecule has 1 unspecified atom stereocenters. The minimum Gasteiger partial charge on any atom is -0.462 e. The van der Waals surface area contributed by atoms with Crippen molar-refractivity contribution in [2.45, 2.75) is 239 Å². The van der Waals surface area contributed by atoms with Crippen molar-refractivity contribution in [3.8, 4) is 0 Å². The van der Waals surface area contributed by atoms with Crippen LogP contribution in [-0.2, 0) is 28.6 Å². The maximum atomic E-state index is 12.7. The van der Waals surface area contributed by atoms with Crippen LogP contribution in [0.2, 0.25) is 0 Å². The average Bonchev–Trinajstić information content (AvgIpc) is 3.27. The first-order valence-corrected chi connectivity index (χ1v) is 25.6. The van der Waals surface area contributed by atoms with Crippen molar-refractivity contribution >= 4 is 17.9 Å². The standard InChI is InChI=1S/C56H94O6/c1-4-7-10-13-16-19-21-23-24-25-26-27-28-29-30-31-32-34-35-37-40-43-46-49-55(58)61-52-53(51-60-54(57)48-45-42-39-18-15-12-9-6-3)62-56(59)50-47-44-41-38-36-33-22-20-17-14-11-8-5-2/h7,10,16,19,23-24,26-27,29-30,32,34,37,40,53H,4-6,8-9,11-15,17-18,20-22,25,28,31,33,35-36,38-39,41-52H2,1-3H3/b10-7-,19-16-,24-23-,27-26-,30-29-,34-32-,40-37-. The Balaban J connectivity index is 4.37. The van der Waals surface area contributed by atoms with E-state index in [1.54, 1.807) is 0 Å². The Morgan fingerprint density at radius 1 is 0.339 bits per heavy atom. The lowest BCUT2D eigenvalue weighted by molar-refractivity contribution is -0.167. The van der Waals surface area contributed by atoms with E-state index in [0.717, 1.165) is 89.9 Å². The van der Waals surface area contributed by atoms with Gasteiger partial charge in [0.15, 0.2) is 6.10 Å². The van der Waals surface area contributed by atoms with Gasteiger partial charge < -0.3 is 14.2 Å². The second kappa shape index (κ2) is 50.2. The van der Waals surface area contributed by atoms with Crippen molar-refractivity contribution < 1.29 is 28.6 Å². The van der Waals surface area contributed by atoms with Gasteiger partial charge in [-0.2, -0.15) is 0 Å². The van der Waals surface area contributed by atoms with Gasteiger partial charge in [-0.25, -0.2) is 0 Å². The Hall–Kier alpha value is -3.41. The molecule has 0 N–H and O–H groups in total. The third-order valence-corrected chi connectivity index (χ3v) is 10.7. The SMILES string of the molecule is CC/C=C\C/C=C\C/C=C\C/C=C\C/C=C\C/C=C\C/C=C\CCCC(=O)OCC(COC(=O)CCCCCCCCCC)OC(=O)CCCCCCCCCCCCCCC. The van der Waals surface area contributed by atoms with E-state index in [1.807, 2.05) is 0 Å². The van der Waals surface area contributed by atoms with E-state index in [-0.39, 0.29) is 37.5 Å². The highest BCUT2D eigenvalue weighted by atomic mass is 16.6. The molecule has 0 aliphatic carbocycles. The molecule has 0 bridgehead atoms. The van der Waals surface area contributed by atoms with Gasteiger partial charge in [-0.3, -0.25) is 14.4 Å². The summed E-state index contributed by atoms with van der Waals surface area (Å²) in [6.45, 7) is 6.44. The highest BCUT2D eigenvalue weighted by Crippen LogP contribution is 2.14. The fourth-order valence-corrected chi connectivity index (χ4v) is 6.84. The van der Waals surface area contributed by atoms with Crippen LogP contribution in [0.5, 0.6) is 0 Å². The van der Waals surface area contributed by atoms with Crippen LogP contribution in [0.15, 0.2) is 85.1 Å². The Kier molecular flexibility index (Phi) is 47.5. The highest BCUT2D eigenvalue weighted by molar-refractivity contribution is 5.71. The van der Waals surface area contributed by atoms with Crippen molar-refractivity contribution in [2.75, 3.05) is 13.2 Å². The van der Waals surface area contributed by atoms with Crippen LogP contribution < -0.4 is 0 Å². The fraction of sp³-hybridized carbons (Fsp3) is 0.696. The van der Waals surface area contributed by atoms with Crippen LogP contribution in [0, 0.1) is 0 Å². The molecule has 6 nitrogen and oxygen atoms in total. The van der Waals surface area contributed by atoms with E-state index in [4.69, 9.17) is 14.2 Å². The van der Waals surface area contributed by atoms with Gasteiger partial charge in [0.2, 0.25) is 0 Å². The number of carbonyl (C=O) groups is 3. The summed E-state index contributed by atoms with van der Waals surface area (Å²) in [6, 6.07) is 0. The second-order valence-corrected chi connectivity index (χ2v) is 16.7. The lowest BCUT2D eigenvalue weighted by atomic mass is 10.0. The van der Waals surface area contributed by atoms with Crippen LogP contribution in [0.25, 0.3) is 0 Å². The van der Waals surface area contributed by atoms with Gasteiger partial charge in [-0.1, -0.05) is 228 Å². The molecular weight excluding hydrogens is 769 g/mol. The molecule has 0 spiro atoms. The lowest BCUT2D eigenvalue weighted by Crippen LogP contribution is -2.30. The van der Waals surface area contributed by atoms with Crippen LogP contribution in [0.3, 0.4) is 0 Å². The first-order valence-electron chi connectivity index (χ1n) is 25.6. The molecule has 0 rings (SSSR count). The third kappa shape index (κ3) is 47.6. The first-order chi connectivity index (χ1) is 30.5. The summed E-state index contributed by atoms with van der Waals surface area (Å²) in [5, 5.41) is 0. The summed E-state index contributed by atoms with van der Waals surface area (Å²) in [5.41, 5.74) is 0. The highest BCUT2D eigenvalue weighted by Gasteiger charge is 2.19. The molecule has 0 aromatic heterocycles. The molecule has 1 atom stereocenters. The number of rotatable bonds is 45. The van der Waals surface area contributed by atoms with E-state index in [2.05, 4.69) is 106 Å². The van der Waals surface area contributed by atoms with Gasteiger partial charge in [0, 0.05) is 19.3 Å². The summed E-state index contributed by atoms with van der Waals surface area (Å²) in [6.07, 6.45) is 64.4. The van der Waals surface area contributed by atoms with Crippen molar-refractivity contribution in [3.05, 3.63) is 85.1 Å². The molecule has 0 heterocycles. The molecule has 62 heavy (non-hydrogen) atoms. The lowest BCUT2D eigenvalue weighted by Gasteiger charge is -2.18. The van der Waals surface area contributed by atoms with Crippen molar-refractivity contribution in [3.63, 3.8) is 0 Å². The number of allylic oxidation sites excluding steroid dienone is 14. The predicted molar refractivity (Wildman–Crippen MR) is 265 cm³/mol. The zero-order valence-electron chi connectivity index (χ0n) is 40.4. The zero-order chi connectivity index (χ0) is 45.1. The van der Waals surface area contributed by atoms with Gasteiger partial charge in [0.1, 0.15) is 13.2 Å². The largest absolute Gasteiger partial charge is 0.462 e. The Bertz CT molecular complexity index is 1220. The normalized spacial score (nSPS) is 12.8. The molecule has 0 amide bonds. The predicted octanol–water partition coefficient (Wildman–Crippen LogP) is 16.8. The molecule has 0 radical (unpaired) electrons. The molecule has 0 aliphatic heterocycles. The first kappa shape index (κ1) is 58.6. The molecule has 0 saturated heterocycles. The van der Waals surface area contributed by atoms with E-state index in [0.29, 0.717) is 19.3 Å². The summed E-state index contributed by atoms with van der Waals surface area (Å²) in [4.78, 5) is 37.8. The van der Waals surface area contributed by atoms with Crippen molar-refractivity contribution in [2.24, 2.45) is 0 Å². The smallest absolute Gasteiger partial charge is 0.306 e. The molecular formula is C56H94O6.